The fraction of sp³-hybridized carbons (Fsp3) is 0.625. The summed E-state index contributed by atoms with van der Waals surface area (Å²) in [5, 5.41) is 3.41. The number of piperazine rings is 1. The van der Waals surface area contributed by atoms with Crippen LogP contribution in [0.1, 0.15) is 37.2 Å². The standard InChI is InChI=1S/C16H23FN2/c17-15-3-1-2-14(12-15)13-4-6-16(7-5-13)19-10-8-18-9-11-19/h1-3,12-13,16,18H,4-11H2. The molecule has 2 aliphatic rings. The third-order valence-electron chi connectivity index (χ3n) is 4.68. The maximum Gasteiger partial charge on any atom is 0.123 e. The number of nitrogens with zero attached hydrogens (tertiary/aromatic N) is 1. The molecule has 0 unspecified atom stereocenters. The minimum Gasteiger partial charge on any atom is -0.314 e. The van der Waals surface area contributed by atoms with Gasteiger partial charge < -0.3 is 5.32 Å². The molecule has 1 heterocycles. The predicted molar refractivity (Wildman–Crippen MR) is 75.8 cm³/mol. The van der Waals surface area contributed by atoms with Gasteiger partial charge >= 0.3 is 0 Å². The zero-order valence-electron chi connectivity index (χ0n) is 11.4. The van der Waals surface area contributed by atoms with Gasteiger partial charge in [-0.2, -0.15) is 0 Å². The molecule has 0 atom stereocenters. The summed E-state index contributed by atoms with van der Waals surface area (Å²) in [6.07, 6.45) is 4.94. The fourth-order valence-electron chi connectivity index (χ4n) is 3.58. The first-order chi connectivity index (χ1) is 9.33. The molecule has 3 rings (SSSR count). The van der Waals surface area contributed by atoms with E-state index in [2.05, 4.69) is 16.3 Å². The average Bonchev–Trinajstić information content (AvgIpc) is 2.48. The van der Waals surface area contributed by atoms with Crippen molar-refractivity contribution in [2.24, 2.45) is 0 Å². The van der Waals surface area contributed by atoms with Gasteiger partial charge in [0.05, 0.1) is 0 Å². The fourth-order valence-corrected chi connectivity index (χ4v) is 3.58. The van der Waals surface area contributed by atoms with E-state index in [0.717, 1.165) is 19.1 Å². The Morgan fingerprint density at radius 1 is 1.05 bits per heavy atom. The Morgan fingerprint density at radius 2 is 1.79 bits per heavy atom. The van der Waals surface area contributed by atoms with Crippen molar-refractivity contribution >= 4 is 0 Å². The maximum absolute atomic E-state index is 13.3. The second-order valence-electron chi connectivity index (χ2n) is 5.85. The van der Waals surface area contributed by atoms with Gasteiger partial charge in [-0.05, 0) is 49.3 Å². The van der Waals surface area contributed by atoms with Gasteiger partial charge in [0.1, 0.15) is 5.82 Å². The highest BCUT2D eigenvalue weighted by atomic mass is 19.1. The summed E-state index contributed by atoms with van der Waals surface area (Å²) in [7, 11) is 0. The normalized spacial score (nSPS) is 29.3. The third-order valence-corrected chi connectivity index (χ3v) is 4.68. The smallest absolute Gasteiger partial charge is 0.123 e. The molecule has 104 valence electrons. The molecule has 1 saturated carbocycles. The summed E-state index contributed by atoms with van der Waals surface area (Å²) in [4.78, 5) is 2.64. The molecule has 0 bridgehead atoms. The van der Waals surface area contributed by atoms with Crippen LogP contribution >= 0.6 is 0 Å². The quantitative estimate of drug-likeness (QED) is 0.881. The number of benzene rings is 1. The van der Waals surface area contributed by atoms with E-state index in [0.29, 0.717) is 5.92 Å². The van der Waals surface area contributed by atoms with E-state index < -0.39 is 0 Å². The lowest BCUT2D eigenvalue weighted by Crippen LogP contribution is -2.49. The molecule has 2 fully saturated rings. The van der Waals surface area contributed by atoms with E-state index in [9.17, 15) is 4.39 Å². The topological polar surface area (TPSA) is 15.3 Å². The molecule has 0 radical (unpaired) electrons. The van der Waals surface area contributed by atoms with Crippen LogP contribution in [0.2, 0.25) is 0 Å². The Kier molecular flexibility index (Phi) is 4.14. The predicted octanol–water partition coefficient (Wildman–Crippen LogP) is 2.76. The van der Waals surface area contributed by atoms with Crippen LogP contribution in [-0.2, 0) is 0 Å². The van der Waals surface area contributed by atoms with Crippen molar-refractivity contribution in [1.29, 1.82) is 0 Å². The number of hydrogen-bond acceptors (Lipinski definition) is 2. The highest BCUT2D eigenvalue weighted by Crippen LogP contribution is 2.34. The van der Waals surface area contributed by atoms with E-state index in [-0.39, 0.29) is 5.82 Å². The molecule has 1 N–H and O–H groups in total. The number of rotatable bonds is 2. The number of hydrogen-bond donors (Lipinski definition) is 1. The second kappa shape index (κ2) is 6.02. The van der Waals surface area contributed by atoms with Gasteiger partial charge in [0, 0.05) is 32.2 Å². The van der Waals surface area contributed by atoms with Gasteiger partial charge in [-0.3, -0.25) is 4.90 Å². The average molecular weight is 262 g/mol. The van der Waals surface area contributed by atoms with Crippen LogP contribution < -0.4 is 5.32 Å². The maximum atomic E-state index is 13.3. The summed E-state index contributed by atoms with van der Waals surface area (Å²) in [5.74, 6) is 0.469. The lowest BCUT2D eigenvalue weighted by Gasteiger charge is -2.39. The third kappa shape index (κ3) is 3.15. The molecule has 1 aromatic carbocycles. The van der Waals surface area contributed by atoms with E-state index in [1.165, 1.54) is 50.4 Å². The van der Waals surface area contributed by atoms with Crippen LogP contribution in [0.3, 0.4) is 0 Å². The highest BCUT2D eigenvalue weighted by molar-refractivity contribution is 5.21. The summed E-state index contributed by atoms with van der Waals surface area (Å²) >= 11 is 0. The van der Waals surface area contributed by atoms with Crippen molar-refractivity contribution in [3.05, 3.63) is 35.6 Å². The Balaban J connectivity index is 1.57. The molecular weight excluding hydrogens is 239 g/mol. The van der Waals surface area contributed by atoms with Gasteiger partial charge in [0.25, 0.3) is 0 Å². The number of nitrogens with one attached hydrogen (secondary N) is 1. The lowest BCUT2D eigenvalue weighted by atomic mass is 9.81. The monoisotopic (exact) mass is 262 g/mol. The van der Waals surface area contributed by atoms with Crippen LogP contribution in [0, 0.1) is 5.82 Å². The Labute approximate surface area is 115 Å². The minimum absolute atomic E-state index is 0.0956. The van der Waals surface area contributed by atoms with Gasteiger partial charge in [0.15, 0.2) is 0 Å². The van der Waals surface area contributed by atoms with Crippen LogP contribution in [0.15, 0.2) is 24.3 Å². The molecule has 1 aromatic rings. The zero-order chi connectivity index (χ0) is 13.1. The molecule has 0 aromatic heterocycles. The molecule has 1 saturated heterocycles. The second-order valence-corrected chi connectivity index (χ2v) is 5.85. The van der Waals surface area contributed by atoms with Crippen molar-refractivity contribution in [2.45, 2.75) is 37.6 Å². The Bertz CT molecular complexity index is 407. The van der Waals surface area contributed by atoms with E-state index >= 15 is 0 Å². The molecule has 0 amide bonds. The first kappa shape index (κ1) is 13.1. The van der Waals surface area contributed by atoms with Gasteiger partial charge in [-0.15, -0.1) is 0 Å². The highest BCUT2D eigenvalue weighted by Gasteiger charge is 2.27. The van der Waals surface area contributed by atoms with E-state index in [1.807, 2.05) is 6.07 Å². The summed E-state index contributed by atoms with van der Waals surface area (Å²) < 4.78 is 13.3. The minimum atomic E-state index is -0.0956. The van der Waals surface area contributed by atoms with Crippen molar-refractivity contribution < 1.29 is 4.39 Å². The zero-order valence-corrected chi connectivity index (χ0v) is 11.4. The SMILES string of the molecule is Fc1cccc(C2CCC(N3CCNCC3)CC2)c1. The molecule has 1 aliphatic heterocycles. The van der Waals surface area contributed by atoms with Crippen molar-refractivity contribution in [1.82, 2.24) is 10.2 Å². The van der Waals surface area contributed by atoms with E-state index in [4.69, 9.17) is 0 Å². The van der Waals surface area contributed by atoms with Crippen LogP contribution in [0.4, 0.5) is 4.39 Å². The molecular formula is C16H23FN2. The van der Waals surface area contributed by atoms with Gasteiger partial charge in [-0.25, -0.2) is 4.39 Å². The Morgan fingerprint density at radius 3 is 2.47 bits per heavy atom. The molecule has 2 nitrogen and oxygen atoms in total. The van der Waals surface area contributed by atoms with Crippen molar-refractivity contribution in [2.75, 3.05) is 26.2 Å². The van der Waals surface area contributed by atoms with Crippen molar-refractivity contribution in [3.63, 3.8) is 0 Å². The summed E-state index contributed by atoms with van der Waals surface area (Å²) in [6, 6.07) is 7.93. The summed E-state index contributed by atoms with van der Waals surface area (Å²) in [6.45, 7) is 4.64. The first-order valence-corrected chi connectivity index (χ1v) is 7.53. The van der Waals surface area contributed by atoms with Crippen LogP contribution in [-0.4, -0.2) is 37.1 Å². The van der Waals surface area contributed by atoms with Gasteiger partial charge in [0.2, 0.25) is 0 Å². The molecule has 0 spiro atoms. The summed E-state index contributed by atoms with van der Waals surface area (Å²) in [5.41, 5.74) is 1.19. The lowest BCUT2D eigenvalue weighted by molar-refractivity contribution is 0.133. The van der Waals surface area contributed by atoms with Crippen LogP contribution in [0.5, 0.6) is 0 Å². The largest absolute Gasteiger partial charge is 0.314 e. The Hall–Kier alpha value is -0.930. The molecule has 19 heavy (non-hydrogen) atoms. The van der Waals surface area contributed by atoms with E-state index in [1.54, 1.807) is 6.07 Å². The first-order valence-electron chi connectivity index (χ1n) is 7.53. The van der Waals surface area contributed by atoms with Crippen molar-refractivity contribution in [3.8, 4) is 0 Å². The van der Waals surface area contributed by atoms with Gasteiger partial charge in [-0.1, -0.05) is 12.1 Å². The number of halogens is 1. The molecule has 1 aliphatic carbocycles. The molecule has 3 heteroatoms. The van der Waals surface area contributed by atoms with Crippen LogP contribution in [0.25, 0.3) is 0 Å².